The minimum atomic E-state index is -5.19. The van der Waals surface area contributed by atoms with Crippen LogP contribution in [0.1, 0.15) is 43.4 Å². The maximum Gasteiger partial charge on any atom is 0.430 e. The zero-order valence-corrected chi connectivity index (χ0v) is 21.5. The number of sulfone groups is 1. The number of unbranched alkanes of at least 4 members (excludes halogenated alkanes) is 1. The first-order chi connectivity index (χ1) is 15.3. The molecule has 0 fully saturated rings. The van der Waals surface area contributed by atoms with Crippen molar-refractivity contribution in [2.24, 2.45) is 0 Å². The molecule has 5 nitrogen and oxygen atoms in total. The fraction of sp³-hybridized carbons (Fsp3) is 0.435. The molecule has 0 aliphatic rings. The molecule has 0 radical (unpaired) electrons. The number of halogens is 4. The first-order valence-electron chi connectivity index (χ1n) is 10.4. The summed E-state index contributed by atoms with van der Waals surface area (Å²) in [6, 6.07) is 18.1. The van der Waals surface area contributed by atoms with Crippen LogP contribution in [0.4, 0.5) is 13.2 Å². The molecule has 0 spiro atoms. The highest BCUT2D eigenvalue weighted by atomic mass is 127. The van der Waals surface area contributed by atoms with Crippen LogP contribution in [0.25, 0.3) is 0 Å². The smallest absolute Gasteiger partial charge is 0.430 e. The highest BCUT2D eigenvalue weighted by Gasteiger charge is 2.28. The summed E-state index contributed by atoms with van der Waals surface area (Å²) in [5.41, 5.74) is 2.43. The predicted octanol–water partition coefficient (Wildman–Crippen LogP) is 3.37. The number of rotatable bonds is 10. The number of carboxylic acids is 1. The van der Waals surface area contributed by atoms with Gasteiger partial charge in [0.15, 0.2) is 9.84 Å². The molecule has 33 heavy (non-hydrogen) atoms. The predicted molar refractivity (Wildman–Crippen MR) is 128 cm³/mol. The van der Waals surface area contributed by atoms with Gasteiger partial charge in [-0.25, -0.2) is 8.42 Å². The third-order valence-electron chi connectivity index (χ3n) is 4.83. The molecule has 0 saturated carbocycles. The molecule has 10 heteroatoms. The highest BCUT2D eigenvalue weighted by molar-refractivity contribution is 14.1. The van der Waals surface area contributed by atoms with Crippen LogP contribution in [0.5, 0.6) is 0 Å². The quantitative estimate of drug-likeness (QED) is 0.258. The monoisotopic (exact) mass is 599 g/mol. The zero-order chi connectivity index (χ0) is 25.1. The molecule has 2 atom stereocenters. The molecule has 0 amide bonds. The van der Waals surface area contributed by atoms with E-state index in [0.717, 1.165) is 31.4 Å². The van der Waals surface area contributed by atoms with Crippen LogP contribution in [0.2, 0.25) is 0 Å². The van der Waals surface area contributed by atoms with Gasteiger partial charge in [0, 0.05) is 9.49 Å². The number of nitrogens with two attached hydrogens (primary N) is 1. The van der Waals surface area contributed by atoms with Gasteiger partial charge in [-0.1, -0.05) is 70.6 Å². The SMILES string of the molecule is Cc1ccc(S(=O)(=O)CC(I)CCCC[NH2+][C@H](C)c2ccccc2)cc1.O=C([O-])C(F)(F)F. The first-order valence-corrected chi connectivity index (χ1v) is 13.3. The van der Waals surface area contributed by atoms with Gasteiger partial charge in [-0.15, -0.1) is 0 Å². The van der Waals surface area contributed by atoms with E-state index in [1.165, 1.54) is 5.56 Å². The van der Waals surface area contributed by atoms with E-state index in [2.05, 4.69) is 59.1 Å². The average Bonchev–Trinajstić information content (AvgIpc) is 2.73. The summed E-state index contributed by atoms with van der Waals surface area (Å²) in [5, 5.41) is 11.1. The lowest BCUT2D eigenvalue weighted by atomic mass is 10.1. The van der Waals surface area contributed by atoms with Crippen LogP contribution in [0.15, 0.2) is 59.5 Å². The van der Waals surface area contributed by atoms with E-state index in [1.807, 2.05) is 25.1 Å². The number of hydrogen-bond acceptors (Lipinski definition) is 4. The summed E-state index contributed by atoms with van der Waals surface area (Å²) in [7, 11) is -3.18. The van der Waals surface area contributed by atoms with Gasteiger partial charge in [0.2, 0.25) is 0 Å². The van der Waals surface area contributed by atoms with Crippen LogP contribution < -0.4 is 10.4 Å². The lowest BCUT2D eigenvalue weighted by Gasteiger charge is -2.12. The molecule has 0 aromatic heterocycles. The Balaban J connectivity index is 0.000000675. The second kappa shape index (κ2) is 13.9. The normalized spacial score (nSPS) is 13.5. The number of alkyl halides is 4. The van der Waals surface area contributed by atoms with Gasteiger partial charge in [0.25, 0.3) is 0 Å². The van der Waals surface area contributed by atoms with E-state index >= 15 is 0 Å². The van der Waals surface area contributed by atoms with Gasteiger partial charge < -0.3 is 15.2 Å². The number of carbonyl (C=O) groups is 1. The van der Waals surface area contributed by atoms with Gasteiger partial charge in [0.05, 0.1) is 17.2 Å². The van der Waals surface area contributed by atoms with Crippen molar-refractivity contribution in [1.82, 2.24) is 0 Å². The largest absolute Gasteiger partial charge is 0.542 e. The fourth-order valence-corrected chi connectivity index (χ4v) is 6.18. The Morgan fingerprint density at radius 2 is 1.61 bits per heavy atom. The summed E-state index contributed by atoms with van der Waals surface area (Å²) >= 11 is 2.29. The van der Waals surface area contributed by atoms with E-state index in [4.69, 9.17) is 9.90 Å². The van der Waals surface area contributed by atoms with Crippen LogP contribution in [-0.4, -0.2) is 36.8 Å². The van der Waals surface area contributed by atoms with Crippen LogP contribution in [-0.2, 0) is 14.6 Å². The molecule has 0 saturated heterocycles. The Bertz CT molecular complexity index is 952. The lowest BCUT2D eigenvalue weighted by Crippen LogP contribution is -2.84. The second-order valence-corrected chi connectivity index (χ2v) is 11.5. The Hall–Kier alpha value is -1.66. The Morgan fingerprint density at radius 3 is 2.12 bits per heavy atom. The van der Waals surface area contributed by atoms with Crippen molar-refractivity contribution in [3.05, 3.63) is 65.7 Å². The topological polar surface area (TPSA) is 90.9 Å². The van der Waals surface area contributed by atoms with E-state index in [-0.39, 0.29) is 9.68 Å². The van der Waals surface area contributed by atoms with E-state index in [0.29, 0.717) is 10.9 Å². The maximum absolute atomic E-state index is 12.5. The van der Waals surface area contributed by atoms with Crippen molar-refractivity contribution in [2.75, 3.05) is 12.3 Å². The zero-order valence-electron chi connectivity index (χ0n) is 18.5. The lowest BCUT2D eigenvalue weighted by molar-refractivity contribution is -0.693. The van der Waals surface area contributed by atoms with Gasteiger partial charge in [-0.2, -0.15) is 13.2 Å². The molecule has 184 valence electrons. The number of carbonyl (C=O) groups excluding carboxylic acids is 1. The first kappa shape index (κ1) is 29.4. The van der Waals surface area contributed by atoms with Gasteiger partial charge in [0.1, 0.15) is 12.0 Å². The van der Waals surface area contributed by atoms with Crippen molar-refractivity contribution < 1.29 is 36.8 Å². The maximum atomic E-state index is 12.5. The Kier molecular flexibility index (Phi) is 12.4. The van der Waals surface area contributed by atoms with Crippen molar-refractivity contribution >= 4 is 38.4 Å². The number of carboxylic acid groups (broad SMARTS) is 1. The third-order valence-corrected chi connectivity index (χ3v) is 8.32. The summed E-state index contributed by atoms with van der Waals surface area (Å²) in [5.74, 6) is -2.78. The molecule has 0 heterocycles. The van der Waals surface area contributed by atoms with Crippen LogP contribution in [0.3, 0.4) is 0 Å². The summed E-state index contributed by atoms with van der Waals surface area (Å²) in [6.07, 6.45) is -2.07. The van der Waals surface area contributed by atoms with E-state index in [9.17, 15) is 21.6 Å². The minimum Gasteiger partial charge on any atom is -0.542 e. The molecule has 2 aromatic carbocycles. The van der Waals surface area contributed by atoms with Gasteiger partial charge in [-0.3, -0.25) is 0 Å². The fourth-order valence-electron chi connectivity index (χ4n) is 2.93. The van der Waals surface area contributed by atoms with Crippen molar-refractivity contribution in [1.29, 1.82) is 0 Å². The molecular weight excluding hydrogens is 570 g/mol. The molecule has 0 aliphatic heterocycles. The summed E-state index contributed by atoms with van der Waals surface area (Å²) < 4.78 is 56.7. The standard InChI is InChI=1S/C21H28INO2S.C2HF3O2/c1-17-11-13-21(14-12-17)26(24,25)16-20(22)10-6-7-15-23-18(2)19-8-4-3-5-9-19;3-2(4,5)1(6)7/h3-5,8-9,11-14,18,20,23H,6-7,10,15-16H2,1-2H3;(H,6,7)/t18-,20?;/m1./s1. The molecule has 2 N–H and O–H groups in total. The Morgan fingerprint density at radius 1 is 1.06 bits per heavy atom. The number of hydrogen-bond donors (Lipinski definition) is 1. The summed E-state index contributed by atoms with van der Waals surface area (Å²) in [6.45, 7) is 5.27. The molecule has 1 unspecified atom stereocenters. The molecular formula is C23H29F3INO4S. The molecule has 2 rings (SSSR count). The number of aliphatic carboxylic acids is 1. The van der Waals surface area contributed by atoms with Crippen molar-refractivity contribution in [3.63, 3.8) is 0 Å². The van der Waals surface area contributed by atoms with Crippen molar-refractivity contribution in [3.8, 4) is 0 Å². The summed E-state index contributed by atoms with van der Waals surface area (Å²) in [4.78, 5) is 9.22. The van der Waals surface area contributed by atoms with Gasteiger partial charge >= 0.3 is 6.18 Å². The van der Waals surface area contributed by atoms with Crippen molar-refractivity contribution in [2.45, 2.75) is 54.1 Å². The molecule has 0 bridgehead atoms. The van der Waals surface area contributed by atoms with Crippen LogP contribution >= 0.6 is 22.6 Å². The third kappa shape index (κ3) is 11.9. The second-order valence-electron chi connectivity index (χ2n) is 7.70. The number of benzene rings is 2. The number of quaternary nitrogens is 1. The van der Waals surface area contributed by atoms with E-state index < -0.39 is 22.0 Å². The Labute approximate surface area is 206 Å². The highest BCUT2D eigenvalue weighted by Crippen LogP contribution is 2.19. The molecule has 0 aliphatic carbocycles. The molecule has 2 aromatic rings. The number of aryl methyl sites for hydroxylation is 1. The average molecular weight is 599 g/mol. The van der Waals surface area contributed by atoms with E-state index in [1.54, 1.807) is 12.1 Å². The van der Waals surface area contributed by atoms with Crippen LogP contribution in [0, 0.1) is 6.92 Å². The van der Waals surface area contributed by atoms with Gasteiger partial charge in [-0.05, 0) is 45.2 Å². The minimum absolute atomic E-state index is 0.158.